The second-order valence-corrected chi connectivity index (χ2v) is 5.07. The number of H-pyrrole nitrogens is 1. The maximum Gasteiger partial charge on any atom is 0.137 e. The largest absolute Gasteiger partial charge is 0.346 e. The summed E-state index contributed by atoms with van der Waals surface area (Å²) in [6.45, 7) is 0. The Morgan fingerprint density at radius 2 is 1.80 bits per heavy atom. The van der Waals surface area contributed by atoms with Gasteiger partial charge in [0.25, 0.3) is 0 Å². The smallest absolute Gasteiger partial charge is 0.137 e. The molecule has 0 atom stereocenters. The quantitative estimate of drug-likeness (QED) is 0.570. The predicted molar refractivity (Wildman–Crippen MR) is 82.8 cm³/mol. The third-order valence-electron chi connectivity index (χ3n) is 3.75. The molecule has 0 aliphatic carbocycles. The molecule has 4 aromatic rings. The van der Waals surface area contributed by atoms with Crippen LogP contribution in [0.25, 0.3) is 21.8 Å². The predicted octanol–water partition coefficient (Wildman–Crippen LogP) is 4.31. The summed E-state index contributed by atoms with van der Waals surface area (Å²) in [5, 5.41) is 3.79. The van der Waals surface area contributed by atoms with Crippen molar-refractivity contribution in [2.24, 2.45) is 0 Å². The zero-order valence-electron chi connectivity index (χ0n) is 11.0. The van der Waals surface area contributed by atoms with Crippen LogP contribution in [0.3, 0.4) is 0 Å². The van der Waals surface area contributed by atoms with Gasteiger partial charge in [-0.25, -0.2) is 4.98 Å². The molecule has 0 bridgehead atoms. The van der Waals surface area contributed by atoms with Crippen molar-refractivity contribution in [2.75, 3.05) is 0 Å². The molecule has 0 unspecified atom stereocenters. The lowest BCUT2D eigenvalue weighted by Gasteiger charge is -2.03. The molecule has 2 aromatic heterocycles. The molecule has 96 valence electrons. The number of fused-ring (bicyclic) bond motifs is 2. The van der Waals surface area contributed by atoms with Crippen molar-refractivity contribution >= 4 is 21.8 Å². The number of hydrogen-bond acceptors (Lipinski definition) is 1. The highest BCUT2D eigenvalue weighted by molar-refractivity contribution is 5.84. The van der Waals surface area contributed by atoms with Crippen molar-refractivity contribution in [3.8, 4) is 0 Å². The minimum absolute atomic E-state index is 0.927. The number of benzene rings is 2. The van der Waals surface area contributed by atoms with Crippen LogP contribution < -0.4 is 0 Å². The molecule has 20 heavy (non-hydrogen) atoms. The van der Waals surface area contributed by atoms with E-state index in [4.69, 9.17) is 0 Å². The van der Waals surface area contributed by atoms with Gasteiger partial charge in [-0.2, -0.15) is 0 Å². The van der Waals surface area contributed by atoms with E-state index in [1.54, 1.807) is 0 Å². The molecule has 0 aliphatic rings. The van der Waals surface area contributed by atoms with E-state index in [2.05, 4.69) is 64.7 Å². The standard InChI is InChI=1S/C18H14N2/c1-2-5-15-10-13(7-8-14(15)4-1)11-16-12-20-18-17(16)6-3-9-19-18/h1-10,12H,11H2,(H,19,20). The molecule has 0 aliphatic heterocycles. The second kappa shape index (κ2) is 4.49. The first kappa shape index (κ1) is 11.2. The van der Waals surface area contributed by atoms with Gasteiger partial charge in [-0.05, 0) is 40.5 Å². The first-order chi connectivity index (χ1) is 9.90. The molecule has 0 amide bonds. The van der Waals surface area contributed by atoms with Crippen molar-refractivity contribution in [1.29, 1.82) is 0 Å². The molecule has 1 N–H and O–H groups in total. The Morgan fingerprint density at radius 3 is 2.75 bits per heavy atom. The summed E-state index contributed by atoms with van der Waals surface area (Å²) < 4.78 is 0. The number of aromatic nitrogens is 2. The van der Waals surface area contributed by atoms with Crippen LogP contribution >= 0.6 is 0 Å². The Balaban J connectivity index is 1.76. The van der Waals surface area contributed by atoms with E-state index in [-0.39, 0.29) is 0 Å². The monoisotopic (exact) mass is 258 g/mol. The van der Waals surface area contributed by atoms with Crippen LogP contribution in [0.2, 0.25) is 0 Å². The molecule has 2 heterocycles. The molecular formula is C18H14N2. The fourth-order valence-electron chi connectivity index (χ4n) is 2.73. The lowest BCUT2D eigenvalue weighted by molar-refractivity contribution is 1.21. The minimum atomic E-state index is 0.927. The maximum absolute atomic E-state index is 4.34. The van der Waals surface area contributed by atoms with Crippen LogP contribution in [0.1, 0.15) is 11.1 Å². The van der Waals surface area contributed by atoms with E-state index in [0.717, 1.165) is 12.1 Å². The number of hydrogen-bond donors (Lipinski definition) is 1. The molecule has 2 heteroatoms. The van der Waals surface area contributed by atoms with Gasteiger partial charge in [0, 0.05) is 17.8 Å². The van der Waals surface area contributed by atoms with Gasteiger partial charge in [0.05, 0.1) is 0 Å². The third kappa shape index (κ3) is 1.86. The Bertz CT molecular complexity index is 890. The third-order valence-corrected chi connectivity index (χ3v) is 3.75. The van der Waals surface area contributed by atoms with Crippen LogP contribution in [0.4, 0.5) is 0 Å². The van der Waals surface area contributed by atoms with Gasteiger partial charge in [0.2, 0.25) is 0 Å². The van der Waals surface area contributed by atoms with Crippen LogP contribution in [0.5, 0.6) is 0 Å². The van der Waals surface area contributed by atoms with Gasteiger partial charge >= 0.3 is 0 Å². The maximum atomic E-state index is 4.34. The lowest BCUT2D eigenvalue weighted by Crippen LogP contribution is -1.87. The van der Waals surface area contributed by atoms with Gasteiger partial charge < -0.3 is 4.98 Å². The summed E-state index contributed by atoms with van der Waals surface area (Å²) in [4.78, 5) is 7.57. The average Bonchev–Trinajstić information content (AvgIpc) is 2.91. The average molecular weight is 258 g/mol. The summed E-state index contributed by atoms with van der Waals surface area (Å²) >= 11 is 0. The van der Waals surface area contributed by atoms with Crippen molar-refractivity contribution in [3.05, 3.63) is 78.1 Å². The van der Waals surface area contributed by atoms with E-state index in [9.17, 15) is 0 Å². The van der Waals surface area contributed by atoms with Gasteiger partial charge in [-0.3, -0.25) is 0 Å². The number of nitrogens with one attached hydrogen (secondary N) is 1. The van der Waals surface area contributed by atoms with Gasteiger partial charge in [-0.15, -0.1) is 0 Å². The van der Waals surface area contributed by atoms with Crippen molar-refractivity contribution < 1.29 is 0 Å². The van der Waals surface area contributed by atoms with Crippen LogP contribution in [-0.4, -0.2) is 9.97 Å². The summed E-state index contributed by atoms with van der Waals surface area (Å²) in [6, 6.07) is 19.2. The number of pyridine rings is 1. The van der Waals surface area contributed by atoms with Gasteiger partial charge in [0.15, 0.2) is 0 Å². The Hall–Kier alpha value is -2.61. The van der Waals surface area contributed by atoms with Crippen LogP contribution in [0.15, 0.2) is 67.0 Å². The number of nitrogens with zero attached hydrogens (tertiary/aromatic N) is 1. The molecule has 4 rings (SSSR count). The first-order valence-corrected chi connectivity index (χ1v) is 6.79. The number of aromatic amines is 1. The molecule has 0 saturated carbocycles. The zero-order valence-corrected chi connectivity index (χ0v) is 11.0. The Labute approximate surface area is 117 Å². The number of rotatable bonds is 2. The highest BCUT2D eigenvalue weighted by Gasteiger charge is 2.05. The van der Waals surface area contributed by atoms with E-state index < -0.39 is 0 Å². The fourth-order valence-corrected chi connectivity index (χ4v) is 2.73. The summed E-state index contributed by atoms with van der Waals surface area (Å²) in [7, 11) is 0. The highest BCUT2D eigenvalue weighted by Crippen LogP contribution is 2.22. The SMILES string of the molecule is c1ccc2cc(Cc3c[nH]c4ncccc34)ccc2c1. The van der Waals surface area contributed by atoms with Crippen LogP contribution in [-0.2, 0) is 6.42 Å². The molecule has 0 radical (unpaired) electrons. The summed E-state index contributed by atoms with van der Waals surface area (Å²) in [5.41, 5.74) is 3.58. The van der Waals surface area contributed by atoms with Gasteiger partial charge in [-0.1, -0.05) is 42.5 Å². The molecule has 0 saturated heterocycles. The normalized spacial score (nSPS) is 11.2. The topological polar surface area (TPSA) is 28.7 Å². The zero-order chi connectivity index (χ0) is 13.4. The summed E-state index contributed by atoms with van der Waals surface area (Å²) in [6.07, 6.45) is 4.81. The Morgan fingerprint density at radius 1 is 0.900 bits per heavy atom. The van der Waals surface area contributed by atoms with Gasteiger partial charge in [0.1, 0.15) is 5.65 Å². The fraction of sp³-hybridized carbons (Fsp3) is 0.0556. The molecule has 0 spiro atoms. The van der Waals surface area contributed by atoms with Crippen molar-refractivity contribution in [3.63, 3.8) is 0 Å². The van der Waals surface area contributed by atoms with E-state index >= 15 is 0 Å². The first-order valence-electron chi connectivity index (χ1n) is 6.79. The lowest BCUT2D eigenvalue weighted by atomic mass is 10.0. The van der Waals surface area contributed by atoms with Crippen molar-refractivity contribution in [1.82, 2.24) is 9.97 Å². The minimum Gasteiger partial charge on any atom is -0.346 e. The molecule has 0 fully saturated rings. The van der Waals surface area contributed by atoms with E-state index in [1.165, 1.54) is 27.3 Å². The molecular weight excluding hydrogens is 244 g/mol. The Kier molecular flexibility index (Phi) is 2.52. The molecule has 2 nitrogen and oxygen atoms in total. The molecule has 2 aromatic carbocycles. The highest BCUT2D eigenvalue weighted by atomic mass is 14.8. The van der Waals surface area contributed by atoms with Crippen LogP contribution in [0, 0.1) is 0 Å². The second-order valence-electron chi connectivity index (χ2n) is 5.07. The summed E-state index contributed by atoms with van der Waals surface area (Å²) in [5.74, 6) is 0. The van der Waals surface area contributed by atoms with E-state index in [1.807, 2.05) is 12.3 Å². The van der Waals surface area contributed by atoms with Crippen molar-refractivity contribution in [2.45, 2.75) is 6.42 Å². The van der Waals surface area contributed by atoms with E-state index in [0.29, 0.717) is 0 Å².